The second-order valence-electron chi connectivity index (χ2n) is 5.20. The van der Waals surface area contributed by atoms with Crippen molar-refractivity contribution in [1.29, 1.82) is 0 Å². The quantitative estimate of drug-likeness (QED) is 0.845. The third-order valence-corrected chi connectivity index (χ3v) is 5.32. The molecule has 5 heteroatoms. The molecule has 1 heterocycles. The normalized spacial score (nSPS) is 19.8. The molecule has 0 N–H and O–H groups in total. The Morgan fingerprint density at radius 3 is 2.47 bits per heavy atom. The fraction of sp³-hybridized carbons (Fsp3) is 0.500. The number of nitrogens with zero attached hydrogens (tertiary/aromatic N) is 2. The van der Waals surface area contributed by atoms with Crippen molar-refractivity contribution in [3.05, 3.63) is 35.4 Å². The van der Waals surface area contributed by atoms with E-state index in [1.54, 1.807) is 14.1 Å². The Morgan fingerprint density at radius 1 is 1.26 bits per heavy atom. The van der Waals surface area contributed by atoms with E-state index in [1.807, 2.05) is 6.92 Å². The maximum atomic E-state index is 11.8. The van der Waals surface area contributed by atoms with Crippen molar-refractivity contribution < 1.29 is 8.42 Å². The predicted molar refractivity (Wildman–Crippen MR) is 78.2 cm³/mol. The Morgan fingerprint density at radius 2 is 1.89 bits per heavy atom. The molecule has 1 aliphatic heterocycles. The molecule has 1 aromatic rings. The van der Waals surface area contributed by atoms with E-state index < -0.39 is 10.0 Å². The molecule has 0 amide bonds. The summed E-state index contributed by atoms with van der Waals surface area (Å²) < 4.78 is 24.9. The van der Waals surface area contributed by atoms with Crippen LogP contribution in [0.25, 0.3) is 0 Å². The van der Waals surface area contributed by atoms with Gasteiger partial charge in [0.25, 0.3) is 0 Å². The molecule has 0 aliphatic carbocycles. The molecule has 0 spiro atoms. The second-order valence-corrected chi connectivity index (χ2v) is 7.42. The largest absolute Gasteiger partial charge is 0.285 e. The van der Waals surface area contributed by atoms with E-state index >= 15 is 0 Å². The standard InChI is InChI=1S/C14H20N2O2S/c1-11-4-6-12(7-5-11)14-9-8-13(15-14)10-19(17,18)16(2)3/h4-7,13H,8-10H2,1-3H3. The lowest BCUT2D eigenvalue weighted by Crippen LogP contribution is -2.29. The van der Waals surface area contributed by atoms with Gasteiger partial charge in [-0.15, -0.1) is 0 Å². The maximum absolute atomic E-state index is 11.8. The van der Waals surface area contributed by atoms with Crippen LogP contribution < -0.4 is 0 Å². The van der Waals surface area contributed by atoms with Gasteiger partial charge in [-0.1, -0.05) is 29.8 Å². The zero-order chi connectivity index (χ0) is 14.0. The Balaban J connectivity index is 2.11. The molecule has 0 fully saturated rings. The average molecular weight is 280 g/mol. The van der Waals surface area contributed by atoms with E-state index in [2.05, 4.69) is 29.3 Å². The SMILES string of the molecule is Cc1ccc(C2=NC(CS(=O)(=O)N(C)C)CC2)cc1. The van der Waals surface area contributed by atoms with Gasteiger partial charge >= 0.3 is 0 Å². The van der Waals surface area contributed by atoms with Crippen molar-refractivity contribution in [3.8, 4) is 0 Å². The molecule has 4 nitrogen and oxygen atoms in total. The summed E-state index contributed by atoms with van der Waals surface area (Å²) >= 11 is 0. The highest BCUT2D eigenvalue weighted by atomic mass is 32.2. The van der Waals surface area contributed by atoms with Crippen LogP contribution in [0, 0.1) is 6.92 Å². The first-order valence-electron chi connectivity index (χ1n) is 6.42. The van der Waals surface area contributed by atoms with Gasteiger partial charge in [0.15, 0.2) is 0 Å². The van der Waals surface area contributed by atoms with E-state index in [-0.39, 0.29) is 11.8 Å². The zero-order valence-electron chi connectivity index (χ0n) is 11.6. The van der Waals surface area contributed by atoms with Crippen LogP contribution in [0.3, 0.4) is 0 Å². The summed E-state index contributed by atoms with van der Waals surface area (Å²) in [5.74, 6) is 0.107. The van der Waals surface area contributed by atoms with Crippen LogP contribution in [0.1, 0.15) is 24.0 Å². The minimum absolute atomic E-state index is 0.107. The Labute approximate surface area is 115 Å². The molecule has 0 aromatic heterocycles. The highest BCUT2D eigenvalue weighted by Gasteiger charge is 2.25. The summed E-state index contributed by atoms with van der Waals surface area (Å²) in [4.78, 5) is 4.57. The second kappa shape index (κ2) is 5.43. The number of aryl methyl sites for hydroxylation is 1. The molecule has 0 radical (unpaired) electrons. The molecular weight excluding hydrogens is 260 g/mol. The first kappa shape index (κ1) is 14.2. The number of hydrogen-bond donors (Lipinski definition) is 0. The summed E-state index contributed by atoms with van der Waals surface area (Å²) in [6, 6.07) is 8.11. The first-order chi connectivity index (χ1) is 8.88. The number of sulfonamides is 1. The minimum atomic E-state index is -3.17. The van der Waals surface area contributed by atoms with Crippen LogP contribution in [0.2, 0.25) is 0 Å². The molecule has 0 saturated heterocycles. The molecule has 0 saturated carbocycles. The van der Waals surface area contributed by atoms with Gasteiger partial charge in [-0.05, 0) is 25.3 Å². The van der Waals surface area contributed by atoms with E-state index in [4.69, 9.17) is 0 Å². The van der Waals surface area contributed by atoms with Gasteiger partial charge in [-0.25, -0.2) is 12.7 Å². The average Bonchev–Trinajstić information content (AvgIpc) is 2.77. The van der Waals surface area contributed by atoms with Crippen LogP contribution in [-0.4, -0.2) is 44.3 Å². The minimum Gasteiger partial charge on any atom is -0.285 e. The van der Waals surface area contributed by atoms with E-state index in [0.717, 1.165) is 24.1 Å². The molecule has 1 aromatic carbocycles. The summed E-state index contributed by atoms with van der Waals surface area (Å²) in [5, 5.41) is 0. The lowest BCUT2D eigenvalue weighted by atomic mass is 10.1. The number of hydrogen-bond acceptors (Lipinski definition) is 3. The topological polar surface area (TPSA) is 49.7 Å². The van der Waals surface area contributed by atoms with Crippen molar-refractivity contribution in [2.45, 2.75) is 25.8 Å². The molecule has 104 valence electrons. The van der Waals surface area contributed by atoms with Crippen LogP contribution in [0.15, 0.2) is 29.3 Å². The lowest BCUT2D eigenvalue weighted by molar-refractivity contribution is 0.513. The van der Waals surface area contributed by atoms with Crippen LogP contribution in [0.4, 0.5) is 0 Å². The maximum Gasteiger partial charge on any atom is 0.215 e. The number of rotatable bonds is 4. The van der Waals surface area contributed by atoms with Crippen molar-refractivity contribution in [2.24, 2.45) is 4.99 Å². The fourth-order valence-corrected chi connectivity index (χ4v) is 3.16. The lowest BCUT2D eigenvalue weighted by Gasteiger charge is -2.13. The molecule has 2 rings (SSSR count). The van der Waals surface area contributed by atoms with E-state index in [9.17, 15) is 8.42 Å². The van der Waals surface area contributed by atoms with Gasteiger partial charge in [0.2, 0.25) is 10.0 Å². The van der Waals surface area contributed by atoms with E-state index in [0.29, 0.717) is 0 Å². The summed E-state index contributed by atoms with van der Waals surface area (Å²) in [5.41, 5.74) is 3.35. The third-order valence-electron chi connectivity index (χ3n) is 3.40. The summed E-state index contributed by atoms with van der Waals surface area (Å²) in [6.07, 6.45) is 1.67. The number of aliphatic imine (C=N–C) groups is 1. The summed E-state index contributed by atoms with van der Waals surface area (Å²) in [7, 11) is -0.0390. The fourth-order valence-electron chi connectivity index (χ4n) is 2.13. The van der Waals surface area contributed by atoms with Gasteiger partial charge in [0.05, 0.1) is 11.8 Å². The highest BCUT2D eigenvalue weighted by Crippen LogP contribution is 2.20. The molecule has 0 bridgehead atoms. The molecule has 19 heavy (non-hydrogen) atoms. The summed E-state index contributed by atoms with van der Waals surface area (Å²) in [6.45, 7) is 2.05. The molecule has 1 atom stereocenters. The van der Waals surface area contributed by atoms with Crippen LogP contribution in [-0.2, 0) is 10.0 Å². The van der Waals surface area contributed by atoms with E-state index in [1.165, 1.54) is 9.87 Å². The zero-order valence-corrected chi connectivity index (χ0v) is 12.4. The van der Waals surface area contributed by atoms with Crippen molar-refractivity contribution >= 4 is 15.7 Å². The van der Waals surface area contributed by atoms with Gasteiger partial charge in [-0.3, -0.25) is 4.99 Å². The van der Waals surface area contributed by atoms with Crippen LogP contribution >= 0.6 is 0 Å². The van der Waals surface area contributed by atoms with Gasteiger partial charge in [0, 0.05) is 19.8 Å². The van der Waals surface area contributed by atoms with Gasteiger partial charge in [-0.2, -0.15) is 0 Å². The van der Waals surface area contributed by atoms with Crippen LogP contribution in [0.5, 0.6) is 0 Å². The van der Waals surface area contributed by atoms with Gasteiger partial charge < -0.3 is 0 Å². The molecule has 1 unspecified atom stereocenters. The monoisotopic (exact) mass is 280 g/mol. The molecule has 1 aliphatic rings. The Bertz CT molecular complexity index is 574. The number of benzene rings is 1. The van der Waals surface area contributed by atoms with Crippen molar-refractivity contribution in [3.63, 3.8) is 0 Å². The Kier molecular flexibility index (Phi) is 4.06. The smallest absolute Gasteiger partial charge is 0.215 e. The molecular formula is C14H20N2O2S. The third kappa shape index (κ3) is 3.42. The first-order valence-corrected chi connectivity index (χ1v) is 8.03. The van der Waals surface area contributed by atoms with Crippen molar-refractivity contribution in [1.82, 2.24) is 4.31 Å². The highest BCUT2D eigenvalue weighted by molar-refractivity contribution is 7.89. The Hall–Kier alpha value is -1.20. The predicted octanol–water partition coefficient (Wildman–Crippen LogP) is 1.84. The van der Waals surface area contributed by atoms with Crippen molar-refractivity contribution in [2.75, 3.05) is 19.8 Å². The van der Waals surface area contributed by atoms with Gasteiger partial charge in [0.1, 0.15) is 0 Å².